The van der Waals surface area contributed by atoms with Crippen molar-refractivity contribution in [3.05, 3.63) is 18.0 Å². The summed E-state index contributed by atoms with van der Waals surface area (Å²) in [6.07, 6.45) is 2.11. The van der Waals surface area contributed by atoms with Crippen molar-refractivity contribution in [1.29, 1.82) is 0 Å². The number of hydrogen-bond acceptors (Lipinski definition) is 5. The molecule has 126 valence electrons. The number of aryl methyl sites for hydroxylation is 2. The van der Waals surface area contributed by atoms with E-state index in [1.807, 2.05) is 20.8 Å². The zero-order chi connectivity index (χ0) is 16.8. The maximum Gasteiger partial charge on any atom is 0.245 e. The maximum absolute atomic E-state index is 13.1. The van der Waals surface area contributed by atoms with Gasteiger partial charge in [-0.15, -0.1) is 0 Å². The van der Waals surface area contributed by atoms with Crippen LogP contribution in [0.5, 0.6) is 0 Å². The van der Waals surface area contributed by atoms with E-state index in [0.717, 1.165) is 11.1 Å². The third kappa shape index (κ3) is 2.54. The summed E-state index contributed by atoms with van der Waals surface area (Å²) in [6, 6.07) is 1.67. The summed E-state index contributed by atoms with van der Waals surface area (Å²) in [4.78, 5) is 4.51. The number of hydrogen-bond donors (Lipinski definition) is 0. The Morgan fingerprint density at radius 2 is 2.17 bits per heavy atom. The normalized spacial score (nSPS) is 23.5. The van der Waals surface area contributed by atoms with Gasteiger partial charge in [0.05, 0.1) is 24.4 Å². The number of nitrogens with zero attached hydrogens (tertiary/aromatic N) is 4. The standard InChI is InChI=1S/C15H22N4O3S/c1-5-15(3)10-22-7-6-19(15)23(20,21)12-8-13-11(2)17-18(4)14(13)16-9-12/h8-9H,5-7,10H2,1-4H3. The number of morpholine rings is 1. The van der Waals surface area contributed by atoms with Crippen molar-refractivity contribution >= 4 is 21.1 Å². The van der Waals surface area contributed by atoms with Crippen molar-refractivity contribution < 1.29 is 13.2 Å². The third-order valence-corrected chi connectivity index (χ3v) is 6.66. The first-order chi connectivity index (χ1) is 10.8. The molecule has 0 radical (unpaired) electrons. The summed E-state index contributed by atoms with van der Waals surface area (Å²) in [7, 11) is -1.83. The fourth-order valence-electron chi connectivity index (χ4n) is 3.03. The molecule has 0 aliphatic carbocycles. The summed E-state index contributed by atoms with van der Waals surface area (Å²) in [5.74, 6) is 0. The molecule has 23 heavy (non-hydrogen) atoms. The van der Waals surface area contributed by atoms with Crippen LogP contribution in [0.1, 0.15) is 26.0 Å². The van der Waals surface area contributed by atoms with E-state index >= 15 is 0 Å². The highest BCUT2D eigenvalue weighted by molar-refractivity contribution is 7.89. The van der Waals surface area contributed by atoms with Crippen molar-refractivity contribution in [2.24, 2.45) is 7.05 Å². The van der Waals surface area contributed by atoms with Gasteiger partial charge in [-0.25, -0.2) is 13.4 Å². The van der Waals surface area contributed by atoms with Gasteiger partial charge in [-0.05, 0) is 26.3 Å². The van der Waals surface area contributed by atoms with Gasteiger partial charge in [-0.3, -0.25) is 4.68 Å². The molecule has 2 aromatic heterocycles. The monoisotopic (exact) mass is 338 g/mol. The van der Waals surface area contributed by atoms with Crippen LogP contribution in [0.2, 0.25) is 0 Å². The van der Waals surface area contributed by atoms with E-state index < -0.39 is 15.6 Å². The van der Waals surface area contributed by atoms with E-state index in [0.29, 0.717) is 31.8 Å². The van der Waals surface area contributed by atoms with Gasteiger partial charge in [-0.2, -0.15) is 9.40 Å². The molecule has 1 aliphatic rings. The van der Waals surface area contributed by atoms with Crippen LogP contribution < -0.4 is 0 Å². The van der Waals surface area contributed by atoms with Crippen LogP contribution in [0.4, 0.5) is 0 Å². The second-order valence-electron chi connectivity index (χ2n) is 6.23. The quantitative estimate of drug-likeness (QED) is 0.847. The van der Waals surface area contributed by atoms with E-state index in [1.165, 1.54) is 6.20 Å². The summed E-state index contributed by atoms with van der Waals surface area (Å²) in [5, 5.41) is 5.06. The van der Waals surface area contributed by atoms with Crippen LogP contribution in [-0.4, -0.2) is 52.8 Å². The molecule has 1 atom stereocenters. The lowest BCUT2D eigenvalue weighted by Crippen LogP contribution is -2.56. The molecule has 8 heteroatoms. The van der Waals surface area contributed by atoms with E-state index in [1.54, 1.807) is 22.1 Å². The van der Waals surface area contributed by atoms with Gasteiger partial charge in [0.25, 0.3) is 0 Å². The first-order valence-corrected chi connectivity index (χ1v) is 9.13. The minimum Gasteiger partial charge on any atom is -0.378 e. The van der Waals surface area contributed by atoms with E-state index in [9.17, 15) is 8.42 Å². The highest BCUT2D eigenvalue weighted by atomic mass is 32.2. The molecule has 1 fully saturated rings. The highest BCUT2D eigenvalue weighted by Crippen LogP contribution is 2.31. The Kier molecular flexibility index (Phi) is 3.94. The van der Waals surface area contributed by atoms with Crippen molar-refractivity contribution in [3.8, 4) is 0 Å². The molecule has 3 heterocycles. The fraction of sp³-hybridized carbons (Fsp3) is 0.600. The molecule has 1 unspecified atom stereocenters. The number of fused-ring (bicyclic) bond motifs is 1. The smallest absolute Gasteiger partial charge is 0.245 e. The molecule has 0 N–H and O–H groups in total. The van der Waals surface area contributed by atoms with Gasteiger partial charge in [0.15, 0.2) is 5.65 Å². The predicted molar refractivity (Wildman–Crippen MR) is 86.7 cm³/mol. The van der Waals surface area contributed by atoms with Crippen LogP contribution in [0, 0.1) is 6.92 Å². The number of sulfonamides is 1. The van der Waals surface area contributed by atoms with Crippen LogP contribution >= 0.6 is 0 Å². The van der Waals surface area contributed by atoms with E-state index in [2.05, 4.69) is 10.1 Å². The molecule has 3 rings (SSSR count). The van der Waals surface area contributed by atoms with Crippen molar-refractivity contribution in [3.63, 3.8) is 0 Å². The Morgan fingerprint density at radius 1 is 1.43 bits per heavy atom. The molecule has 7 nitrogen and oxygen atoms in total. The van der Waals surface area contributed by atoms with Crippen molar-refractivity contribution in [1.82, 2.24) is 19.1 Å². The number of rotatable bonds is 3. The Hall–Kier alpha value is -1.51. The van der Waals surface area contributed by atoms with Crippen LogP contribution in [0.15, 0.2) is 17.2 Å². The summed E-state index contributed by atoms with van der Waals surface area (Å²) in [5.41, 5.74) is 0.921. The van der Waals surface area contributed by atoms with Gasteiger partial charge in [-0.1, -0.05) is 6.92 Å². The number of ether oxygens (including phenoxy) is 1. The lowest BCUT2D eigenvalue weighted by molar-refractivity contribution is -0.0186. The average Bonchev–Trinajstić information content (AvgIpc) is 2.82. The molecule has 0 aromatic carbocycles. The molecule has 1 saturated heterocycles. The predicted octanol–water partition coefficient (Wildman–Crippen LogP) is 1.47. The van der Waals surface area contributed by atoms with Gasteiger partial charge < -0.3 is 4.74 Å². The Labute approximate surface area is 136 Å². The first kappa shape index (κ1) is 16.4. The second kappa shape index (κ2) is 5.54. The Balaban J connectivity index is 2.10. The molecular weight excluding hydrogens is 316 g/mol. The van der Waals surface area contributed by atoms with Crippen molar-refractivity contribution in [2.75, 3.05) is 19.8 Å². The topological polar surface area (TPSA) is 77.3 Å². The van der Waals surface area contributed by atoms with Gasteiger partial charge >= 0.3 is 0 Å². The summed E-state index contributed by atoms with van der Waals surface area (Å²) in [6.45, 7) is 6.93. The molecule has 0 bridgehead atoms. The first-order valence-electron chi connectivity index (χ1n) is 7.69. The number of aromatic nitrogens is 3. The zero-order valence-electron chi connectivity index (χ0n) is 13.9. The summed E-state index contributed by atoms with van der Waals surface area (Å²) < 4.78 is 35.0. The zero-order valence-corrected chi connectivity index (χ0v) is 14.7. The molecule has 0 saturated carbocycles. The lowest BCUT2D eigenvalue weighted by Gasteiger charge is -2.42. The average molecular weight is 338 g/mol. The van der Waals surface area contributed by atoms with E-state index in [-0.39, 0.29) is 4.90 Å². The highest BCUT2D eigenvalue weighted by Gasteiger charge is 2.42. The van der Waals surface area contributed by atoms with Gasteiger partial charge in [0.1, 0.15) is 4.90 Å². The van der Waals surface area contributed by atoms with Crippen molar-refractivity contribution in [2.45, 2.75) is 37.6 Å². The van der Waals surface area contributed by atoms with Crippen LogP contribution in [0.3, 0.4) is 0 Å². The summed E-state index contributed by atoms with van der Waals surface area (Å²) >= 11 is 0. The molecule has 1 aliphatic heterocycles. The molecule has 0 spiro atoms. The lowest BCUT2D eigenvalue weighted by atomic mass is 9.99. The number of pyridine rings is 1. The van der Waals surface area contributed by atoms with Crippen LogP contribution in [0.25, 0.3) is 11.0 Å². The maximum atomic E-state index is 13.1. The Bertz CT molecular complexity index is 846. The fourth-order valence-corrected chi connectivity index (χ4v) is 4.81. The third-order valence-electron chi connectivity index (χ3n) is 4.64. The van der Waals surface area contributed by atoms with E-state index in [4.69, 9.17) is 4.74 Å². The Morgan fingerprint density at radius 3 is 2.87 bits per heavy atom. The molecule has 0 amide bonds. The molecular formula is C15H22N4O3S. The van der Waals surface area contributed by atoms with Gasteiger partial charge in [0.2, 0.25) is 10.0 Å². The second-order valence-corrected chi connectivity index (χ2v) is 8.09. The van der Waals surface area contributed by atoms with Crippen LogP contribution in [-0.2, 0) is 21.8 Å². The minimum absolute atomic E-state index is 0.211. The molecule has 2 aromatic rings. The SMILES string of the molecule is CCC1(C)COCCN1S(=O)(=O)c1cnc2c(c1)c(C)nn2C. The van der Waals surface area contributed by atoms with Gasteiger partial charge in [0, 0.05) is 25.2 Å². The largest absolute Gasteiger partial charge is 0.378 e. The minimum atomic E-state index is -3.63.